The SMILES string of the molecule is CCSCC(C)Nc1nnc(Cl)c(C)c1C. The van der Waals surface area contributed by atoms with Crippen LogP contribution in [0.3, 0.4) is 0 Å². The summed E-state index contributed by atoms with van der Waals surface area (Å²) in [6, 6.07) is 0.388. The van der Waals surface area contributed by atoms with Crippen molar-refractivity contribution in [1.82, 2.24) is 10.2 Å². The third-order valence-corrected chi connectivity index (χ3v) is 3.92. The van der Waals surface area contributed by atoms with Crippen LogP contribution in [0.5, 0.6) is 0 Å². The molecule has 0 aromatic carbocycles. The zero-order chi connectivity index (χ0) is 12.1. The maximum atomic E-state index is 5.90. The van der Waals surface area contributed by atoms with Crippen molar-refractivity contribution in [2.45, 2.75) is 33.7 Å². The van der Waals surface area contributed by atoms with E-state index in [1.54, 1.807) is 0 Å². The molecule has 1 unspecified atom stereocenters. The molecule has 1 rings (SSSR count). The number of aromatic nitrogens is 2. The highest BCUT2D eigenvalue weighted by molar-refractivity contribution is 7.99. The van der Waals surface area contributed by atoms with Crippen LogP contribution >= 0.6 is 23.4 Å². The summed E-state index contributed by atoms with van der Waals surface area (Å²) in [5.74, 6) is 3.04. The first-order chi connectivity index (χ1) is 7.56. The monoisotopic (exact) mass is 259 g/mol. The van der Waals surface area contributed by atoms with Gasteiger partial charge in [0.2, 0.25) is 0 Å². The molecule has 90 valence electrons. The molecule has 0 fully saturated rings. The van der Waals surface area contributed by atoms with E-state index in [2.05, 4.69) is 29.4 Å². The van der Waals surface area contributed by atoms with Crippen LogP contribution in [-0.2, 0) is 0 Å². The van der Waals surface area contributed by atoms with E-state index in [0.717, 1.165) is 28.5 Å². The maximum absolute atomic E-state index is 5.90. The number of nitrogens with zero attached hydrogens (tertiary/aromatic N) is 2. The third kappa shape index (κ3) is 3.52. The minimum atomic E-state index is 0.388. The molecule has 0 saturated heterocycles. The van der Waals surface area contributed by atoms with Gasteiger partial charge in [0.05, 0.1) is 0 Å². The molecule has 1 aromatic heterocycles. The fourth-order valence-electron chi connectivity index (χ4n) is 1.28. The van der Waals surface area contributed by atoms with Gasteiger partial charge < -0.3 is 5.32 Å². The van der Waals surface area contributed by atoms with E-state index in [9.17, 15) is 0 Å². The fourth-order valence-corrected chi connectivity index (χ4v) is 2.14. The lowest BCUT2D eigenvalue weighted by Crippen LogP contribution is -2.20. The summed E-state index contributed by atoms with van der Waals surface area (Å²) in [4.78, 5) is 0. The molecule has 5 heteroatoms. The van der Waals surface area contributed by atoms with Crippen LogP contribution in [0.4, 0.5) is 5.82 Å². The van der Waals surface area contributed by atoms with Crippen LogP contribution in [0.2, 0.25) is 5.15 Å². The van der Waals surface area contributed by atoms with Gasteiger partial charge in [-0.05, 0) is 37.7 Å². The van der Waals surface area contributed by atoms with Gasteiger partial charge in [-0.2, -0.15) is 11.8 Å². The second-order valence-electron chi connectivity index (χ2n) is 3.79. The number of halogens is 1. The van der Waals surface area contributed by atoms with Gasteiger partial charge in [-0.3, -0.25) is 0 Å². The molecule has 0 aliphatic heterocycles. The molecular formula is C11H18ClN3S. The Bertz CT molecular complexity index is 357. The highest BCUT2D eigenvalue weighted by atomic mass is 35.5. The van der Waals surface area contributed by atoms with Crippen molar-refractivity contribution >= 4 is 29.2 Å². The summed E-state index contributed by atoms with van der Waals surface area (Å²) >= 11 is 7.81. The van der Waals surface area contributed by atoms with Gasteiger partial charge in [-0.1, -0.05) is 18.5 Å². The van der Waals surface area contributed by atoms with E-state index >= 15 is 0 Å². The van der Waals surface area contributed by atoms with Gasteiger partial charge in [0.15, 0.2) is 11.0 Å². The number of anilines is 1. The van der Waals surface area contributed by atoms with Crippen LogP contribution in [0.1, 0.15) is 25.0 Å². The largest absolute Gasteiger partial charge is 0.365 e. The van der Waals surface area contributed by atoms with Gasteiger partial charge in [-0.25, -0.2) is 0 Å². The van der Waals surface area contributed by atoms with Crippen molar-refractivity contribution in [3.63, 3.8) is 0 Å². The van der Waals surface area contributed by atoms with Crippen LogP contribution < -0.4 is 5.32 Å². The minimum Gasteiger partial charge on any atom is -0.365 e. The molecule has 1 atom stereocenters. The predicted octanol–water partition coefficient (Wildman–Crippen LogP) is 3.30. The second-order valence-corrected chi connectivity index (χ2v) is 5.47. The van der Waals surface area contributed by atoms with Gasteiger partial charge in [-0.15, -0.1) is 10.2 Å². The van der Waals surface area contributed by atoms with Crippen molar-refractivity contribution in [2.24, 2.45) is 0 Å². The summed E-state index contributed by atoms with van der Waals surface area (Å²) in [5.41, 5.74) is 2.07. The van der Waals surface area contributed by atoms with Gasteiger partial charge in [0.25, 0.3) is 0 Å². The van der Waals surface area contributed by atoms with Crippen molar-refractivity contribution in [1.29, 1.82) is 0 Å². The molecule has 1 N–H and O–H groups in total. The molecule has 0 radical (unpaired) electrons. The average molecular weight is 260 g/mol. The Balaban J connectivity index is 2.70. The van der Waals surface area contributed by atoms with Crippen LogP contribution in [0.25, 0.3) is 0 Å². The topological polar surface area (TPSA) is 37.8 Å². The Morgan fingerprint density at radius 1 is 1.31 bits per heavy atom. The predicted molar refractivity (Wildman–Crippen MR) is 72.6 cm³/mol. The number of rotatable bonds is 5. The smallest absolute Gasteiger partial charge is 0.155 e. The Labute approximate surface area is 106 Å². The van der Waals surface area contributed by atoms with Crippen molar-refractivity contribution in [2.75, 3.05) is 16.8 Å². The molecular weight excluding hydrogens is 242 g/mol. The first-order valence-electron chi connectivity index (χ1n) is 5.39. The van der Waals surface area contributed by atoms with E-state index < -0.39 is 0 Å². The van der Waals surface area contributed by atoms with Crippen molar-refractivity contribution in [3.05, 3.63) is 16.3 Å². The maximum Gasteiger partial charge on any atom is 0.155 e. The van der Waals surface area contributed by atoms with Gasteiger partial charge >= 0.3 is 0 Å². The summed E-state index contributed by atoms with van der Waals surface area (Å²) < 4.78 is 0. The van der Waals surface area contributed by atoms with Gasteiger partial charge in [0.1, 0.15) is 0 Å². The quantitative estimate of drug-likeness (QED) is 0.881. The van der Waals surface area contributed by atoms with E-state index in [0.29, 0.717) is 11.2 Å². The normalized spacial score (nSPS) is 12.6. The summed E-state index contributed by atoms with van der Waals surface area (Å²) in [7, 11) is 0. The first-order valence-corrected chi connectivity index (χ1v) is 6.93. The summed E-state index contributed by atoms with van der Waals surface area (Å²) in [5, 5.41) is 11.8. The van der Waals surface area contributed by atoms with E-state index in [4.69, 9.17) is 11.6 Å². The van der Waals surface area contributed by atoms with E-state index in [1.807, 2.05) is 25.6 Å². The molecule has 0 saturated carbocycles. The fraction of sp³-hybridized carbons (Fsp3) is 0.636. The minimum absolute atomic E-state index is 0.388. The molecule has 1 aromatic rings. The Hall–Kier alpha value is -0.480. The van der Waals surface area contributed by atoms with Crippen molar-refractivity contribution < 1.29 is 0 Å². The average Bonchev–Trinajstić information content (AvgIpc) is 2.27. The van der Waals surface area contributed by atoms with Crippen LogP contribution in [0, 0.1) is 13.8 Å². The van der Waals surface area contributed by atoms with E-state index in [1.165, 1.54) is 0 Å². The molecule has 0 bridgehead atoms. The Morgan fingerprint density at radius 3 is 2.62 bits per heavy atom. The molecule has 1 heterocycles. The zero-order valence-electron chi connectivity index (χ0n) is 10.2. The number of thioether (sulfide) groups is 1. The van der Waals surface area contributed by atoms with Crippen LogP contribution in [0.15, 0.2) is 0 Å². The lowest BCUT2D eigenvalue weighted by atomic mass is 10.2. The molecule has 0 aliphatic carbocycles. The molecule has 16 heavy (non-hydrogen) atoms. The Morgan fingerprint density at radius 2 is 2.00 bits per heavy atom. The second kappa shape index (κ2) is 6.30. The lowest BCUT2D eigenvalue weighted by molar-refractivity contribution is 0.875. The van der Waals surface area contributed by atoms with E-state index in [-0.39, 0.29) is 0 Å². The number of nitrogens with one attached hydrogen (secondary N) is 1. The molecule has 0 aliphatic rings. The standard InChI is InChI=1S/C11H18ClN3S/c1-5-16-6-7(2)13-11-9(4)8(3)10(12)14-15-11/h7H,5-6H2,1-4H3,(H,13,15). The van der Waals surface area contributed by atoms with Crippen LogP contribution in [-0.4, -0.2) is 27.7 Å². The van der Waals surface area contributed by atoms with Gasteiger partial charge in [0, 0.05) is 11.8 Å². The highest BCUT2D eigenvalue weighted by Gasteiger charge is 2.10. The number of hydrogen-bond donors (Lipinski definition) is 1. The molecule has 3 nitrogen and oxygen atoms in total. The summed E-state index contributed by atoms with van der Waals surface area (Å²) in [6.07, 6.45) is 0. The molecule has 0 spiro atoms. The summed E-state index contributed by atoms with van der Waals surface area (Å²) in [6.45, 7) is 8.28. The third-order valence-electron chi connectivity index (χ3n) is 2.42. The Kier molecular flexibility index (Phi) is 5.35. The highest BCUT2D eigenvalue weighted by Crippen LogP contribution is 2.21. The number of hydrogen-bond acceptors (Lipinski definition) is 4. The first kappa shape index (κ1) is 13.6. The van der Waals surface area contributed by atoms with Crippen molar-refractivity contribution in [3.8, 4) is 0 Å². The molecule has 0 amide bonds. The zero-order valence-corrected chi connectivity index (χ0v) is 11.7. The lowest BCUT2D eigenvalue weighted by Gasteiger charge is -2.16.